The summed E-state index contributed by atoms with van der Waals surface area (Å²) >= 11 is 0. The first-order valence-electron chi connectivity index (χ1n) is 10.3. The lowest BCUT2D eigenvalue weighted by Gasteiger charge is -2.23. The van der Waals surface area contributed by atoms with Crippen LogP contribution in [-0.2, 0) is 14.3 Å². The number of rotatable bonds is 9. The van der Waals surface area contributed by atoms with Crippen LogP contribution in [0.2, 0.25) is 0 Å². The standard InChI is InChI=1S/C20H38N4O4/c1-6-21-18(22-13-10-8-7-9-11-17(25)27-5)24-14-12-16(15-24)23-19(26)28-20(2,3)4/h16H,6-15H2,1-5H3,(H,21,22)(H,23,26). The van der Waals surface area contributed by atoms with Gasteiger partial charge >= 0.3 is 12.1 Å². The zero-order valence-corrected chi connectivity index (χ0v) is 18.2. The second-order valence-corrected chi connectivity index (χ2v) is 8.05. The van der Waals surface area contributed by atoms with Crippen molar-refractivity contribution < 1.29 is 19.1 Å². The summed E-state index contributed by atoms with van der Waals surface area (Å²) in [7, 11) is 1.42. The number of likely N-dealkylation sites (tertiary alicyclic amines) is 1. The third kappa shape index (κ3) is 10.4. The van der Waals surface area contributed by atoms with Gasteiger partial charge in [0.05, 0.1) is 13.2 Å². The van der Waals surface area contributed by atoms with Crippen molar-refractivity contribution in [2.24, 2.45) is 4.99 Å². The summed E-state index contributed by atoms with van der Waals surface area (Å²) in [4.78, 5) is 29.9. The second-order valence-electron chi connectivity index (χ2n) is 8.05. The summed E-state index contributed by atoms with van der Waals surface area (Å²) in [6.45, 7) is 10.8. The number of alkyl carbamates (subject to hydrolysis) is 1. The summed E-state index contributed by atoms with van der Waals surface area (Å²) < 4.78 is 9.97. The van der Waals surface area contributed by atoms with Crippen LogP contribution in [0.5, 0.6) is 0 Å². The Labute approximate surface area is 169 Å². The van der Waals surface area contributed by atoms with Crippen molar-refractivity contribution in [3.8, 4) is 0 Å². The molecular weight excluding hydrogens is 360 g/mol. The lowest BCUT2D eigenvalue weighted by atomic mass is 10.1. The van der Waals surface area contributed by atoms with Crippen molar-refractivity contribution in [2.75, 3.05) is 33.3 Å². The Morgan fingerprint density at radius 1 is 1.18 bits per heavy atom. The number of hydrogen-bond acceptors (Lipinski definition) is 5. The second kappa shape index (κ2) is 12.5. The minimum atomic E-state index is -0.490. The zero-order valence-electron chi connectivity index (χ0n) is 18.2. The maximum absolute atomic E-state index is 11.9. The molecule has 0 bridgehead atoms. The van der Waals surface area contributed by atoms with E-state index in [1.807, 2.05) is 20.8 Å². The van der Waals surface area contributed by atoms with E-state index in [1.54, 1.807) is 0 Å². The third-order valence-electron chi connectivity index (χ3n) is 4.32. The maximum atomic E-state index is 11.9. The molecule has 0 aromatic carbocycles. The molecule has 0 saturated carbocycles. The van der Waals surface area contributed by atoms with Crippen LogP contribution in [0.3, 0.4) is 0 Å². The molecule has 1 unspecified atom stereocenters. The average molecular weight is 399 g/mol. The van der Waals surface area contributed by atoms with Gasteiger partial charge in [-0.2, -0.15) is 0 Å². The van der Waals surface area contributed by atoms with E-state index in [0.29, 0.717) is 6.42 Å². The quantitative estimate of drug-likeness (QED) is 0.268. The molecule has 0 spiro atoms. The normalized spacial score (nSPS) is 17.4. The van der Waals surface area contributed by atoms with E-state index in [1.165, 1.54) is 7.11 Å². The SMILES string of the molecule is CCNC(=NCCCCCCC(=O)OC)N1CCC(NC(=O)OC(C)(C)C)C1. The first-order chi connectivity index (χ1) is 13.2. The van der Waals surface area contributed by atoms with Crippen molar-refractivity contribution >= 4 is 18.0 Å². The Bertz CT molecular complexity index is 517. The van der Waals surface area contributed by atoms with Gasteiger partial charge in [0, 0.05) is 32.6 Å². The number of methoxy groups -OCH3 is 1. The number of ether oxygens (including phenoxy) is 2. The van der Waals surface area contributed by atoms with E-state index in [0.717, 1.165) is 64.2 Å². The van der Waals surface area contributed by atoms with Crippen LogP contribution in [-0.4, -0.2) is 67.9 Å². The zero-order chi connectivity index (χ0) is 21.0. The number of hydrogen-bond donors (Lipinski definition) is 2. The molecule has 1 amide bonds. The van der Waals surface area contributed by atoms with Gasteiger partial charge in [0.15, 0.2) is 5.96 Å². The predicted octanol–water partition coefficient (Wildman–Crippen LogP) is 2.67. The van der Waals surface area contributed by atoms with Crippen LogP contribution >= 0.6 is 0 Å². The molecule has 1 fully saturated rings. The van der Waals surface area contributed by atoms with Crippen LogP contribution in [0.4, 0.5) is 4.79 Å². The van der Waals surface area contributed by atoms with Gasteiger partial charge in [-0.1, -0.05) is 12.8 Å². The first kappa shape index (κ1) is 24.0. The molecule has 1 aliphatic heterocycles. The molecule has 1 heterocycles. The van der Waals surface area contributed by atoms with Crippen molar-refractivity contribution in [2.45, 2.75) is 77.9 Å². The highest BCUT2D eigenvalue weighted by Gasteiger charge is 2.27. The van der Waals surface area contributed by atoms with Gasteiger partial charge < -0.3 is 25.0 Å². The third-order valence-corrected chi connectivity index (χ3v) is 4.32. The largest absolute Gasteiger partial charge is 0.469 e. The summed E-state index contributed by atoms with van der Waals surface area (Å²) in [5.41, 5.74) is -0.490. The van der Waals surface area contributed by atoms with Gasteiger partial charge in [-0.25, -0.2) is 4.79 Å². The number of unbranched alkanes of at least 4 members (excludes halogenated alkanes) is 3. The van der Waals surface area contributed by atoms with E-state index in [2.05, 4.69) is 27.2 Å². The summed E-state index contributed by atoms with van der Waals surface area (Å²) in [5, 5.41) is 6.28. The Kier molecular flexibility index (Phi) is 10.7. The molecule has 162 valence electrons. The summed E-state index contributed by atoms with van der Waals surface area (Å²) in [5.74, 6) is 0.751. The number of guanidine groups is 1. The molecule has 1 atom stereocenters. The molecule has 8 heteroatoms. The molecule has 0 aromatic rings. The van der Waals surface area contributed by atoms with E-state index in [4.69, 9.17) is 9.73 Å². The number of aliphatic imine (C=N–C) groups is 1. The summed E-state index contributed by atoms with van der Waals surface area (Å²) in [6, 6.07) is 0.0667. The minimum absolute atomic E-state index is 0.0667. The molecule has 8 nitrogen and oxygen atoms in total. The van der Waals surface area contributed by atoms with Crippen LogP contribution in [0.25, 0.3) is 0 Å². The minimum Gasteiger partial charge on any atom is -0.469 e. The fourth-order valence-corrected chi connectivity index (χ4v) is 2.99. The van der Waals surface area contributed by atoms with Crippen LogP contribution < -0.4 is 10.6 Å². The number of carbonyl (C=O) groups is 2. The number of nitrogens with one attached hydrogen (secondary N) is 2. The highest BCUT2D eigenvalue weighted by atomic mass is 16.6. The molecule has 28 heavy (non-hydrogen) atoms. The Morgan fingerprint density at radius 2 is 1.89 bits per heavy atom. The topological polar surface area (TPSA) is 92.3 Å². The van der Waals surface area contributed by atoms with Crippen LogP contribution in [0.15, 0.2) is 4.99 Å². The van der Waals surface area contributed by atoms with Gasteiger partial charge in [-0.15, -0.1) is 0 Å². The van der Waals surface area contributed by atoms with Crippen LogP contribution in [0.1, 0.15) is 66.2 Å². The summed E-state index contributed by atoms with van der Waals surface area (Å²) in [6.07, 6.45) is 4.90. The van der Waals surface area contributed by atoms with E-state index < -0.39 is 5.60 Å². The molecule has 0 aliphatic carbocycles. The fraction of sp³-hybridized carbons (Fsp3) is 0.850. The highest BCUT2D eigenvalue weighted by molar-refractivity contribution is 5.80. The van der Waals surface area contributed by atoms with Crippen LogP contribution in [0, 0.1) is 0 Å². The Balaban J connectivity index is 2.35. The molecular formula is C20H38N4O4. The number of amides is 1. The molecule has 2 N–H and O–H groups in total. The lowest BCUT2D eigenvalue weighted by molar-refractivity contribution is -0.140. The Morgan fingerprint density at radius 3 is 2.54 bits per heavy atom. The fourth-order valence-electron chi connectivity index (χ4n) is 2.99. The average Bonchev–Trinajstić information content (AvgIpc) is 3.06. The molecule has 1 saturated heterocycles. The molecule has 1 rings (SSSR count). The van der Waals surface area contributed by atoms with Gasteiger partial charge in [0.1, 0.15) is 5.60 Å². The van der Waals surface area contributed by atoms with Gasteiger partial charge in [0.2, 0.25) is 0 Å². The van der Waals surface area contributed by atoms with Crippen molar-refractivity contribution in [1.82, 2.24) is 15.5 Å². The predicted molar refractivity (Wildman–Crippen MR) is 110 cm³/mol. The first-order valence-corrected chi connectivity index (χ1v) is 10.3. The molecule has 0 aromatic heterocycles. The van der Waals surface area contributed by atoms with E-state index in [9.17, 15) is 9.59 Å². The smallest absolute Gasteiger partial charge is 0.407 e. The van der Waals surface area contributed by atoms with Gasteiger partial charge in [-0.05, 0) is 47.0 Å². The molecule has 0 radical (unpaired) electrons. The van der Waals surface area contributed by atoms with Crippen molar-refractivity contribution in [1.29, 1.82) is 0 Å². The number of esters is 1. The molecule has 1 aliphatic rings. The lowest BCUT2D eigenvalue weighted by Crippen LogP contribution is -2.44. The van der Waals surface area contributed by atoms with Crippen molar-refractivity contribution in [3.63, 3.8) is 0 Å². The van der Waals surface area contributed by atoms with E-state index in [-0.39, 0.29) is 18.1 Å². The van der Waals surface area contributed by atoms with E-state index >= 15 is 0 Å². The monoisotopic (exact) mass is 398 g/mol. The number of nitrogens with zero attached hydrogens (tertiary/aromatic N) is 2. The highest BCUT2D eigenvalue weighted by Crippen LogP contribution is 2.12. The van der Waals surface area contributed by atoms with Crippen molar-refractivity contribution in [3.05, 3.63) is 0 Å². The Hall–Kier alpha value is -1.99. The van der Waals surface area contributed by atoms with Gasteiger partial charge in [0.25, 0.3) is 0 Å². The number of carbonyl (C=O) groups excluding carboxylic acids is 2. The van der Waals surface area contributed by atoms with Gasteiger partial charge in [-0.3, -0.25) is 9.79 Å². The maximum Gasteiger partial charge on any atom is 0.407 e.